The van der Waals surface area contributed by atoms with Gasteiger partial charge in [-0.1, -0.05) is 6.07 Å². The fraction of sp³-hybridized carbons (Fsp3) is 0.316. The summed E-state index contributed by atoms with van der Waals surface area (Å²) in [6.45, 7) is 6.90. The van der Waals surface area contributed by atoms with E-state index >= 15 is 0 Å². The van der Waals surface area contributed by atoms with Crippen LogP contribution in [-0.2, 0) is 4.79 Å². The van der Waals surface area contributed by atoms with Gasteiger partial charge in [0.15, 0.2) is 16.7 Å². The summed E-state index contributed by atoms with van der Waals surface area (Å²) in [5.41, 5.74) is 1.79. The minimum atomic E-state index is -0.0534. The zero-order valence-corrected chi connectivity index (χ0v) is 17.3. The van der Waals surface area contributed by atoms with E-state index in [2.05, 4.69) is 9.98 Å². The van der Waals surface area contributed by atoms with Crippen LogP contribution in [0.15, 0.2) is 33.5 Å². The molecule has 27 heavy (non-hydrogen) atoms. The number of ether oxygens (including phenoxy) is 2. The molecule has 0 saturated carbocycles. The Balaban J connectivity index is 1.90. The number of aromatic nitrogens is 1. The average Bonchev–Trinajstić information content (AvgIpc) is 3.19. The zero-order valence-electron chi connectivity index (χ0n) is 15.7. The molecule has 0 N–H and O–H groups in total. The Hall–Kier alpha value is -2.32. The molecule has 0 unspecified atom stereocenters. The highest BCUT2D eigenvalue weighted by atomic mass is 32.2. The largest absolute Gasteiger partial charge is 0.493 e. The summed E-state index contributed by atoms with van der Waals surface area (Å²) in [6, 6.07) is 5.62. The van der Waals surface area contributed by atoms with Crippen LogP contribution in [0.25, 0.3) is 6.08 Å². The maximum absolute atomic E-state index is 12.8. The van der Waals surface area contributed by atoms with Crippen LogP contribution >= 0.6 is 23.1 Å². The van der Waals surface area contributed by atoms with Gasteiger partial charge >= 0.3 is 0 Å². The highest BCUT2D eigenvalue weighted by Gasteiger charge is 2.32. The Morgan fingerprint density at radius 3 is 2.74 bits per heavy atom. The van der Waals surface area contributed by atoms with Crippen LogP contribution in [0.2, 0.25) is 0 Å². The van der Waals surface area contributed by atoms with Crippen LogP contribution in [0.5, 0.6) is 11.5 Å². The lowest BCUT2D eigenvalue weighted by molar-refractivity contribution is -0.122. The van der Waals surface area contributed by atoms with Gasteiger partial charge in [-0.15, -0.1) is 11.3 Å². The Bertz CT molecular complexity index is 905. The van der Waals surface area contributed by atoms with E-state index in [4.69, 9.17) is 9.47 Å². The van der Waals surface area contributed by atoms with E-state index in [1.54, 1.807) is 12.0 Å². The summed E-state index contributed by atoms with van der Waals surface area (Å²) in [5.74, 6) is 1.27. The van der Waals surface area contributed by atoms with Crippen molar-refractivity contribution in [2.45, 2.75) is 20.8 Å². The molecule has 0 bridgehead atoms. The molecule has 142 valence electrons. The molecule has 0 spiro atoms. The minimum absolute atomic E-state index is 0.0534. The van der Waals surface area contributed by atoms with Crippen molar-refractivity contribution in [3.63, 3.8) is 0 Å². The third kappa shape index (κ3) is 4.33. The lowest BCUT2D eigenvalue weighted by Crippen LogP contribution is -2.28. The van der Waals surface area contributed by atoms with E-state index in [9.17, 15) is 4.79 Å². The van der Waals surface area contributed by atoms with Crippen molar-refractivity contribution in [1.29, 1.82) is 0 Å². The lowest BCUT2D eigenvalue weighted by atomic mass is 10.2. The number of likely N-dealkylation sites (N-methyl/N-ethyl adjacent to an activating group) is 1. The van der Waals surface area contributed by atoms with Crippen LogP contribution in [0.4, 0.5) is 5.13 Å². The van der Waals surface area contributed by atoms with Gasteiger partial charge in [0, 0.05) is 11.9 Å². The maximum atomic E-state index is 12.8. The second-order valence-electron chi connectivity index (χ2n) is 5.67. The van der Waals surface area contributed by atoms with Crippen LogP contribution in [0.3, 0.4) is 0 Å². The quantitative estimate of drug-likeness (QED) is 0.665. The lowest BCUT2D eigenvalue weighted by Gasteiger charge is -2.11. The normalized spacial score (nSPS) is 17.2. The van der Waals surface area contributed by atoms with Crippen LogP contribution < -0.4 is 9.47 Å². The third-order valence-electron chi connectivity index (χ3n) is 3.79. The Kier molecular flexibility index (Phi) is 6.18. The van der Waals surface area contributed by atoms with Crippen molar-refractivity contribution in [2.75, 3.05) is 20.3 Å². The Labute approximate surface area is 166 Å². The smallest absolute Gasteiger partial charge is 0.266 e. The van der Waals surface area contributed by atoms with Crippen molar-refractivity contribution in [3.05, 3.63) is 39.7 Å². The van der Waals surface area contributed by atoms with Crippen molar-refractivity contribution in [3.8, 4) is 11.5 Å². The number of aliphatic imine (C=N–C) groups is 1. The van der Waals surface area contributed by atoms with E-state index in [1.165, 1.54) is 23.1 Å². The van der Waals surface area contributed by atoms with Crippen LogP contribution in [-0.4, -0.2) is 41.2 Å². The van der Waals surface area contributed by atoms with Gasteiger partial charge in [-0.2, -0.15) is 4.99 Å². The molecule has 0 radical (unpaired) electrons. The first kappa shape index (κ1) is 19.4. The van der Waals surface area contributed by atoms with Crippen molar-refractivity contribution >= 4 is 45.4 Å². The van der Waals surface area contributed by atoms with Gasteiger partial charge in [0.2, 0.25) is 5.13 Å². The molecule has 1 fully saturated rings. The van der Waals surface area contributed by atoms with Crippen LogP contribution in [0.1, 0.15) is 25.1 Å². The number of aryl methyl sites for hydroxylation is 1. The van der Waals surface area contributed by atoms with Gasteiger partial charge in [-0.25, -0.2) is 4.98 Å². The molecule has 2 heterocycles. The number of thiazole rings is 1. The number of nitrogens with zero attached hydrogens (tertiary/aromatic N) is 3. The number of benzene rings is 1. The SMILES string of the molecule is CCOc1ccc(/C=C2\S/C(=N/c3nc(C)cs3)N(CC)C2=O)cc1OC. The summed E-state index contributed by atoms with van der Waals surface area (Å²) >= 11 is 2.83. The molecule has 2 aromatic rings. The molecule has 8 heteroatoms. The molecule has 1 saturated heterocycles. The molecule has 1 aromatic heterocycles. The van der Waals surface area contributed by atoms with E-state index in [0.717, 1.165) is 11.3 Å². The second-order valence-corrected chi connectivity index (χ2v) is 7.51. The number of thioether (sulfide) groups is 1. The molecule has 0 aliphatic carbocycles. The van der Waals surface area contributed by atoms with E-state index in [0.29, 0.717) is 39.9 Å². The topological polar surface area (TPSA) is 64.0 Å². The second kappa shape index (κ2) is 8.58. The fourth-order valence-corrected chi connectivity index (χ4v) is 4.31. The first-order valence-electron chi connectivity index (χ1n) is 8.58. The van der Waals surface area contributed by atoms with Crippen molar-refractivity contribution in [1.82, 2.24) is 9.88 Å². The number of rotatable bonds is 6. The van der Waals surface area contributed by atoms with Gasteiger partial charge < -0.3 is 9.47 Å². The molecule has 1 aliphatic heterocycles. The molecule has 1 aromatic carbocycles. The van der Waals surface area contributed by atoms with Gasteiger partial charge in [0.1, 0.15) is 0 Å². The number of carbonyl (C=O) groups excluding carboxylic acids is 1. The summed E-state index contributed by atoms with van der Waals surface area (Å²) in [5, 5.41) is 3.26. The molecule has 1 aliphatic rings. The number of hydrogen-bond donors (Lipinski definition) is 0. The van der Waals surface area contributed by atoms with E-state index < -0.39 is 0 Å². The predicted octanol–water partition coefficient (Wildman–Crippen LogP) is 4.48. The predicted molar refractivity (Wildman–Crippen MR) is 111 cm³/mol. The van der Waals surface area contributed by atoms with Gasteiger partial charge in [0.05, 0.1) is 24.3 Å². The molecular weight excluding hydrogens is 382 g/mol. The van der Waals surface area contributed by atoms with Gasteiger partial charge in [0.25, 0.3) is 5.91 Å². The first-order valence-corrected chi connectivity index (χ1v) is 10.3. The van der Waals surface area contributed by atoms with E-state index in [-0.39, 0.29) is 5.91 Å². The Morgan fingerprint density at radius 2 is 2.11 bits per heavy atom. The molecular formula is C19H21N3O3S2. The summed E-state index contributed by atoms with van der Waals surface area (Å²) < 4.78 is 10.9. The highest BCUT2D eigenvalue weighted by Crippen LogP contribution is 2.36. The molecule has 3 rings (SSSR count). The van der Waals surface area contributed by atoms with Crippen molar-refractivity contribution in [2.24, 2.45) is 4.99 Å². The van der Waals surface area contributed by atoms with E-state index in [1.807, 2.05) is 50.4 Å². The van der Waals surface area contributed by atoms with Crippen LogP contribution in [0, 0.1) is 6.92 Å². The number of carbonyl (C=O) groups is 1. The summed E-state index contributed by atoms with van der Waals surface area (Å²) in [6.07, 6.45) is 1.85. The highest BCUT2D eigenvalue weighted by molar-refractivity contribution is 8.18. The van der Waals surface area contributed by atoms with Gasteiger partial charge in [-0.05, 0) is 56.3 Å². The van der Waals surface area contributed by atoms with Crippen molar-refractivity contribution < 1.29 is 14.3 Å². The van der Waals surface area contributed by atoms with Gasteiger partial charge in [-0.3, -0.25) is 9.69 Å². The molecule has 0 atom stereocenters. The summed E-state index contributed by atoms with van der Waals surface area (Å²) in [4.78, 5) is 23.9. The maximum Gasteiger partial charge on any atom is 0.266 e. The molecule has 6 nitrogen and oxygen atoms in total. The number of amidine groups is 1. The number of methoxy groups -OCH3 is 1. The fourth-order valence-electron chi connectivity index (χ4n) is 2.55. The average molecular weight is 404 g/mol. The number of hydrogen-bond acceptors (Lipinski definition) is 7. The summed E-state index contributed by atoms with van der Waals surface area (Å²) in [7, 11) is 1.60. The Morgan fingerprint density at radius 1 is 1.30 bits per heavy atom. The molecule has 1 amide bonds. The standard InChI is InChI=1S/C19H21N3O3S2/c1-5-22-17(23)16(27-19(22)21-18-20-12(3)11-26-18)10-13-7-8-14(25-6-2)15(9-13)24-4/h7-11H,5-6H2,1-4H3/b16-10-,21-19+. The monoisotopic (exact) mass is 403 g/mol. The zero-order chi connectivity index (χ0) is 19.4. The number of amides is 1. The first-order chi connectivity index (χ1) is 13.0. The minimum Gasteiger partial charge on any atom is -0.493 e. The third-order valence-corrected chi connectivity index (χ3v) is 5.65.